The molecule has 0 radical (unpaired) electrons. The van der Waals surface area contributed by atoms with Gasteiger partial charge in [-0.3, -0.25) is 0 Å². The fourth-order valence-corrected chi connectivity index (χ4v) is 2.14. The van der Waals surface area contributed by atoms with Gasteiger partial charge in [-0.05, 0) is 31.3 Å². The normalized spacial score (nSPS) is 25.7. The topological polar surface area (TPSA) is 68.2 Å². The van der Waals surface area contributed by atoms with Gasteiger partial charge in [0.05, 0.1) is 0 Å². The van der Waals surface area contributed by atoms with E-state index in [1.807, 2.05) is 11.9 Å². The first-order chi connectivity index (χ1) is 7.70. The molecule has 2 atom stereocenters. The maximum atomic E-state index is 5.95. The highest BCUT2D eigenvalue weighted by Crippen LogP contribution is 2.31. The molecule has 2 unspecified atom stereocenters. The highest BCUT2D eigenvalue weighted by molar-refractivity contribution is 5.25. The Hall–Kier alpha value is -1.10. The van der Waals surface area contributed by atoms with Crippen LogP contribution in [0.3, 0.4) is 0 Å². The molecule has 1 aliphatic rings. The fraction of sp³-hybridized carbons (Fsp3) is 0.818. The van der Waals surface area contributed by atoms with Crippen molar-refractivity contribution in [3.05, 3.63) is 5.89 Å². The maximum Gasteiger partial charge on any atom is 0.265 e. The van der Waals surface area contributed by atoms with Gasteiger partial charge in [0.1, 0.15) is 0 Å². The predicted molar refractivity (Wildman–Crippen MR) is 62.4 cm³/mol. The Kier molecular flexibility index (Phi) is 3.43. The van der Waals surface area contributed by atoms with Gasteiger partial charge in [-0.15, -0.1) is 0 Å². The molecule has 1 aliphatic carbocycles. The molecule has 5 nitrogen and oxygen atoms in total. The average molecular weight is 224 g/mol. The van der Waals surface area contributed by atoms with E-state index in [-0.39, 0.29) is 6.04 Å². The van der Waals surface area contributed by atoms with Gasteiger partial charge < -0.3 is 15.2 Å². The summed E-state index contributed by atoms with van der Waals surface area (Å²) >= 11 is 0. The Bertz CT molecular complexity index is 338. The molecule has 90 valence electrons. The first kappa shape index (κ1) is 11.4. The van der Waals surface area contributed by atoms with Crippen LogP contribution in [0.4, 0.5) is 5.95 Å². The molecule has 1 fully saturated rings. The second-order valence-corrected chi connectivity index (χ2v) is 4.57. The van der Waals surface area contributed by atoms with Crippen molar-refractivity contribution in [1.29, 1.82) is 0 Å². The number of nitrogens with two attached hydrogens (primary N) is 1. The highest BCUT2D eigenvalue weighted by Gasteiger charge is 2.25. The minimum Gasteiger partial charge on any atom is -0.342 e. The van der Waals surface area contributed by atoms with Gasteiger partial charge >= 0.3 is 0 Å². The molecule has 1 aromatic heterocycles. The van der Waals surface area contributed by atoms with Crippen LogP contribution in [0.15, 0.2) is 4.52 Å². The summed E-state index contributed by atoms with van der Waals surface area (Å²) in [5, 5.41) is 3.99. The molecule has 16 heavy (non-hydrogen) atoms. The summed E-state index contributed by atoms with van der Waals surface area (Å²) in [6, 6.07) is 0.290. The summed E-state index contributed by atoms with van der Waals surface area (Å²) in [6.45, 7) is 2.94. The third-order valence-corrected chi connectivity index (χ3v) is 3.31. The molecule has 1 heterocycles. The molecule has 1 aromatic rings. The molecule has 0 amide bonds. The minimum atomic E-state index is 0.290. The van der Waals surface area contributed by atoms with Gasteiger partial charge in [-0.25, -0.2) is 0 Å². The Morgan fingerprint density at radius 3 is 3.00 bits per heavy atom. The molecule has 0 aromatic carbocycles. The first-order valence-electron chi connectivity index (χ1n) is 6.01. The van der Waals surface area contributed by atoms with Crippen molar-refractivity contribution in [3.8, 4) is 0 Å². The van der Waals surface area contributed by atoms with Crippen molar-refractivity contribution in [3.63, 3.8) is 0 Å². The van der Waals surface area contributed by atoms with Gasteiger partial charge in [-0.1, -0.05) is 6.42 Å². The number of hydrogen-bond acceptors (Lipinski definition) is 5. The van der Waals surface area contributed by atoms with Gasteiger partial charge in [0.25, 0.3) is 5.95 Å². The number of aromatic nitrogens is 2. The van der Waals surface area contributed by atoms with Crippen LogP contribution in [0.25, 0.3) is 0 Å². The van der Waals surface area contributed by atoms with E-state index < -0.39 is 0 Å². The van der Waals surface area contributed by atoms with Gasteiger partial charge in [0.2, 0.25) is 5.89 Å². The van der Waals surface area contributed by atoms with E-state index >= 15 is 0 Å². The lowest BCUT2D eigenvalue weighted by atomic mass is 9.86. The average Bonchev–Trinajstić information content (AvgIpc) is 2.77. The smallest absolute Gasteiger partial charge is 0.265 e. The summed E-state index contributed by atoms with van der Waals surface area (Å²) in [6.07, 6.45) is 4.36. The van der Waals surface area contributed by atoms with Crippen molar-refractivity contribution >= 4 is 5.95 Å². The van der Waals surface area contributed by atoms with Crippen LogP contribution in [0, 0.1) is 0 Å². The van der Waals surface area contributed by atoms with Gasteiger partial charge in [0.15, 0.2) is 0 Å². The van der Waals surface area contributed by atoms with Crippen LogP contribution >= 0.6 is 0 Å². The first-order valence-corrected chi connectivity index (χ1v) is 6.01. The SMILES string of the molecule is CCN(C)c1noc(C2CCCC(N)C2)n1. The van der Waals surface area contributed by atoms with E-state index in [0.29, 0.717) is 11.9 Å². The van der Waals surface area contributed by atoms with Crippen molar-refractivity contribution in [2.24, 2.45) is 5.73 Å². The Morgan fingerprint density at radius 2 is 2.31 bits per heavy atom. The van der Waals surface area contributed by atoms with E-state index in [0.717, 1.165) is 38.1 Å². The van der Waals surface area contributed by atoms with E-state index in [1.165, 1.54) is 0 Å². The zero-order valence-corrected chi connectivity index (χ0v) is 10.0. The molecule has 0 saturated heterocycles. The van der Waals surface area contributed by atoms with E-state index in [2.05, 4.69) is 17.1 Å². The van der Waals surface area contributed by atoms with Crippen molar-refractivity contribution < 1.29 is 4.52 Å². The Balaban J connectivity index is 2.06. The number of anilines is 1. The van der Waals surface area contributed by atoms with Crippen LogP contribution in [-0.2, 0) is 0 Å². The van der Waals surface area contributed by atoms with Gasteiger partial charge in [-0.2, -0.15) is 4.98 Å². The number of nitrogens with zero attached hydrogens (tertiary/aromatic N) is 3. The minimum absolute atomic E-state index is 0.290. The maximum absolute atomic E-state index is 5.95. The van der Waals surface area contributed by atoms with Crippen LogP contribution < -0.4 is 10.6 Å². The molecule has 2 N–H and O–H groups in total. The van der Waals surface area contributed by atoms with E-state index in [1.54, 1.807) is 0 Å². The van der Waals surface area contributed by atoms with Crippen molar-refractivity contribution in [2.75, 3.05) is 18.5 Å². The van der Waals surface area contributed by atoms with E-state index in [9.17, 15) is 0 Å². The second-order valence-electron chi connectivity index (χ2n) is 4.57. The second kappa shape index (κ2) is 4.82. The summed E-state index contributed by atoms with van der Waals surface area (Å²) in [5.41, 5.74) is 5.95. The summed E-state index contributed by atoms with van der Waals surface area (Å²) in [7, 11) is 1.96. The molecule has 2 rings (SSSR count). The molecule has 0 aliphatic heterocycles. The predicted octanol–water partition coefficient (Wildman–Crippen LogP) is 1.51. The van der Waals surface area contributed by atoms with Crippen molar-refractivity contribution in [1.82, 2.24) is 10.1 Å². The van der Waals surface area contributed by atoms with Crippen LogP contribution in [0.1, 0.15) is 44.4 Å². The lowest BCUT2D eigenvalue weighted by Crippen LogP contribution is -2.27. The third kappa shape index (κ3) is 2.35. The monoisotopic (exact) mass is 224 g/mol. The highest BCUT2D eigenvalue weighted by atomic mass is 16.5. The van der Waals surface area contributed by atoms with E-state index in [4.69, 9.17) is 10.3 Å². The lowest BCUT2D eigenvalue weighted by molar-refractivity contribution is 0.298. The molecule has 5 heteroatoms. The van der Waals surface area contributed by atoms with Gasteiger partial charge in [0, 0.05) is 25.6 Å². The van der Waals surface area contributed by atoms with Crippen molar-refractivity contribution in [2.45, 2.75) is 44.6 Å². The zero-order valence-electron chi connectivity index (χ0n) is 10.0. The summed E-state index contributed by atoms with van der Waals surface area (Å²) in [4.78, 5) is 6.40. The lowest BCUT2D eigenvalue weighted by Gasteiger charge is -2.23. The fourth-order valence-electron chi connectivity index (χ4n) is 2.14. The zero-order chi connectivity index (χ0) is 11.5. The quantitative estimate of drug-likeness (QED) is 0.842. The Morgan fingerprint density at radius 1 is 1.50 bits per heavy atom. The summed E-state index contributed by atoms with van der Waals surface area (Å²) < 4.78 is 5.32. The molecule has 0 bridgehead atoms. The van der Waals surface area contributed by atoms with Crippen LogP contribution in [0.5, 0.6) is 0 Å². The third-order valence-electron chi connectivity index (χ3n) is 3.31. The number of rotatable bonds is 3. The van der Waals surface area contributed by atoms with Crippen LogP contribution in [0.2, 0.25) is 0 Å². The molecular weight excluding hydrogens is 204 g/mol. The largest absolute Gasteiger partial charge is 0.342 e. The summed E-state index contributed by atoms with van der Waals surface area (Å²) in [5.74, 6) is 1.79. The molecule has 0 spiro atoms. The van der Waals surface area contributed by atoms with Crippen LogP contribution in [-0.4, -0.2) is 29.8 Å². The molecular formula is C11H20N4O. The standard InChI is InChI=1S/C11H20N4O/c1-3-15(2)11-13-10(16-14-11)8-5-4-6-9(12)7-8/h8-9H,3-7,12H2,1-2H3. The molecule has 1 saturated carbocycles. The Labute approximate surface area is 96.0 Å². The number of hydrogen-bond donors (Lipinski definition) is 1.